The number of nitrogens with zero attached hydrogens (tertiary/aromatic N) is 1. The van der Waals surface area contributed by atoms with Crippen LogP contribution in [0.25, 0.3) is 0 Å². The van der Waals surface area contributed by atoms with Gasteiger partial charge in [-0.3, -0.25) is 10.1 Å². The number of methoxy groups -OCH3 is 1. The number of carbonyl (C=O) groups excluding carboxylic acids is 1. The molecular formula is C6H11N3O2. The molecule has 0 aliphatic carbocycles. The Balaban J connectivity index is 2.13. The quantitative estimate of drug-likeness (QED) is 0.501. The highest BCUT2D eigenvalue weighted by molar-refractivity contribution is 6.02. The van der Waals surface area contributed by atoms with Crippen LogP contribution in [0.15, 0.2) is 4.99 Å². The highest BCUT2D eigenvalue weighted by Crippen LogP contribution is 1.82. The molecule has 0 unspecified atom stereocenters. The van der Waals surface area contributed by atoms with Gasteiger partial charge in [-0.1, -0.05) is 0 Å². The van der Waals surface area contributed by atoms with Gasteiger partial charge in [0.05, 0.1) is 6.61 Å². The molecule has 0 saturated heterocycles. The Labute approximate surface area is 64.8 Å². The molecule has 1 aliphatic heterocycles. The first-order valence-corrected chi connectivity index (χ1v) is 3.40. The Morgan fingerprint density at radius 3 is 3.18 bits per heavy atom. The normalized spacial score (nSPS) is 16.1. The van der Waals surface area contributed by atoms with Gasteiger partial charge < -0.3 is 10.1 Å². The molecule has 1 aliphatic rings. The van der Waals surface area contributed by atoms with Crippen LogP contribution in [-0.2, 0) is 9.53 Å². The first-order valence-electron chi connectivity index (χ1n) is 3.40. The second-order valence-corrected chi connectivity index (χ2v) is 2.13. The van der Waals surface area contributed by atoms with Gasteiger partial charge in [-0.15, -0.1) is 0 Å². The molecule has 1 amide bonds. The smallest absolute Gasteiger partial charge is 0.248 e. The average Bonchev–Trinajstić information content (AvgIpc) is 2.37. The van der Waals surface area contributed by atoms with Crippen LogP contribution in [0.2, 0.25) is 0 Å². The van der Waals surface area contributed by atoms with E-state index in [0.29, 0.717) is 19.1 Å². The molecule has 1 heterocycles. The van der Waals surface area contributed by atoms with E-state index in [0.717, 1.165) is 0 Å². The molecule has 0 spiro atoms. The van der Waals surface area contributed by atoms with Gasteiger partial charge >= 0.3 is 0 Å². The van der Waals surface area contributed by atoms with E-state index in [-0.39, 0.29) is 12.5 Å². The lowest BCUT2D eigenvalue weighted by Crippen LogP contribution is -2.37. The van der Waals surface area contributed by atoms with Crippen LogP contribution in [0, 0.1) is 0 Å². The van der Waals surface area contributed by atoms with E-state index in [1.807, 2.05) is 0 Å². The number of carbonyl (C=O) groups is 1. The maximum absolute atomic E-state index is 10.6. The standard InChI is InChI=1S/C6H11N3O2/c1-11-3-2-7-6-8-4-5(10)9-6/h2-4H2,1H3,(H2,7,8,9,10). The van der Waals surface area contributed by atoms with Gasteiger partial charge in [-0.2, -0.15) is 0 Å². The zero-order valence-corrected chi connectivity index (χ0v) is 6.39. The van der Waals surface area contributed by atoms with Gasteiger partial charge in [0.25, 0.3) is 0 Å². The number of amides is 1. The fraction of sp³-hybridized carbons (Fsp3) is 0.667. The van der Waals surface area contributed by atoms with Gasteiger partial charge in [0.15, 0.2) is 5.96 Å². The van der Waals surface area contributed by atoms with Crippen molar-refractivity contribution in [2.24, 2.45) is 4.99 Å². The van der Waals surface area contributed by atoms with E-state index >= 15 is 0 Å². The first kappa shape index (κ1) is 8.00. The van der Waals surface area contributed by atoms with E-state index < -0.39 is 0 Å². The van der Waals surface area contributed by atoms with Crippen molar-refractivity contribution in [3.8, 4) is 0 Å². The van der Waals surface area contributed by atoms with E-state index in [9.17, 15) is 4.79 Å². The lowest BCUT2D eigenvalue weighted by Gasteiger charge is -2.03. The number of rotatable bonds is 3. The Morgan fingerprint density at radius 1 is 1.82 bits per heavy atom. The number of ether oxygens (including phenoxy) is 1. The molecule has 0 fully saturated rings. The largest absolute Gasteiger partial charge is 0.383 e. The first-order chi connectivity index (χ1) is 5.33. The third-order valence-electron chi connectivity index (χ3n) is 1.24. The average molecular weight is 157 g/mol. The Morgan fingerprint density at radius 2 is 2.64 bits per heavy atom. The molecule has 0 aromatic carbocycles. The van der Waals surface area contributed by atoms with Crippen molar-refractivity contribution in [3.63, 3.8) is 0 Å². The lowest BCUT2D eigenvalue weighted by molar-refractivity contribution is -0.117. The fourth-order valence-corrected chi connectivity index (χ4v) is 0.734. The van der Waals surface area contributed by atoms with Crippen LogP contribution < -0.4 is 10.6 Å². The van der Waals surface area contributed by atoms with Crippen molar-refractivity contribution >= 4 is 11.9 Å². The minimum absolute atomic E-state index is 0.0649. The van der Waals surface area contributed by atoms with Crippen LogP contribution >= 0.6 is 0 Å². The highest BCUT2D eigenvalue weighted by atomic mass is 16.5. The minimum Gasteiger partial charge on any atom is -0.383 e. The number of hydrogen-bond acceptors (Lipinski definition) is 4. The summed E-state index contributed by atoms with van der Waals surface area (Å²) in [5.41, 5.74) is 0. The molecule has 0 aromatic rings. The van der Waals surface area contributed by atoms with Gasteiger partial charge in [0.2, 0.25) is 5.91 Å². The molecule has 11 heavy (non-hydrogen) atoms. The van der Waals surface area contributed by atoms with Gasteiger partial charge in [0, 0.05) is 13.7 Å². The van der Waals surface area contributed by atoms with Crippen molar-refractivity contribution in [2.45, 2.75) is 0 Å². The van der Waals surface area contributed by atoms with E-state index in [4.69, 9.17) is 4.74 Å². The van der Waals surface area contributed by atoms with Gasteiger partial charge in [-0.05, 0) is 0 Å². The van der Waals surface area contributed by atoms with Crippen LogP contribution in [0.3, 0.4) is 0 Å². The molecule has 1 rings (SSSR count). The van der Waals surface area contributed by atoms with Crippen molar-refractivity contribution in [3.05, 3.63) is 0 Å². The van der Waals surface area contributed by atoms with Gasteiger partial charge in [0.1, 0.15) is 6.54 Å². The summed E-state index contributed by atoms with van der Waals surface area (Å²) in [6.07, 6.45) is 0. The second kappa shape index (κ2) is 3.92. The highest BCUT2D eigenvalue weighted by Gasteiger charge is 2.11. The van der Waals surface area contributed by atoms with Crippen LogP contribution in [0.4, 0.5) is 0 Å². The SMILES string of the molecule is COCCNC1=NCC(=O)N1. The number of guanidine groups is 1. The third kappa shape index (κ3) is 2.55. The lowest BCUT2D eigenvalue weighted by atomic mass is 10.6. The summed E-state index contributed by atoms with van der Waals surface area (Å²) in [6.45, 7) is 1.50. The number of aliphatic imine (C=N–C) groups is 1. The maximum atomic E-state index is 10.6. The van der Waals surface area contributed by atoms with Crippen molar-refractivity contribution in [1.29, 1.82) is 0 Å². The van der Waals surface area contributed by atoms with E-state index in [2.05, 4.69) is 15.6 Å². The zero-order chi connectivity index (χ0) is 8.10. The summed E-state index contributed by atoms with van der Waals surface area (Å²) in [5.74, 6) is 0.483. The van der Waals surface area contributed by atoms with Crippen LogP contribution in [0.5, 0.6) is 0 Å². The molecule has 0 saturated carbocycles. The maximum Gasteiger partial charge on any atom is 0.248 e. The Bertz CT molecular complexity index is 179. The van der Waals surface area contributed by atoms with E-state index in [1.165, 1.54) is 0 Å². The minimum atomic E-state index is -0.0649. The predicted octanol–water partition coefficient (Wildman–Crippen LogP) is -1.29. The Hall–Kier alpha value is -1.10. The summed E-state index contributed by atoms with van der Waals surface area (Å²) in [4.78, 5) is 14.5. The molecule has 62 valence electrons. The zero-order valence-electron chi connectivity index (χ0n) is 6.39. The monoisotopic (exact) mass is 157 g/mol. The van der Waals surface area contributed by atoms with Gasteiger partial charge in [-0.25, -0.2) is 4.99 Å². The molecule has 5 heteroatoms. The molecule has 2 N–H and O–H groups in total. The third-order valence-corrected chi connectivity index (χ3v) is 1.24. The molecule has 5 nitrogen and oxygen atoms in total. The predicted molar refractivity (Wildman–Crippen MR) is 40.3 cm³/mol. The van der Waals surface area contributed by atoms with Crippen molar-refractivity contribution in [2.75, 3.05) is 26.8 Å². The molecule has 0 atom stereocenters. The fourth-order valence-electron chi connectivity index (χ4n) is 0.734. The van der Waals surface area contributed by atoms with Crippen molar-refractivity contribution < 1.29 is 9.53 Å². The molecule has 0 bridgehead atoms. The summed E-state index contributed by atoms with van der Waals surface area (Å²) < 4.78 is 4.80. The van der Waals surface area contributed by atoms with Crippen LogP contribution in [0.1, 0.15) is 0 Å². The summed E-state index contributed by atoms with van der Waals surface area (Å²) >= 11 is 0. The molecule has 0 radical (unpaired) electrons. The van der Waals surface area contributed by atoms with E-state index in [1.54, 1.807) is 7.11 Å². The van der Waals surface area contributed by atoms with Crippen molar-refractivity contribution in [1.82, 2.24) is 10.6 Å². The topological polar surface area (TPSA) is 62.7 Å². The summed E-state index contributed by atoms with van der Waals surface area (Å²) in [5, 5.41) is 5.46. The number of nitrogens with one attached hydrogen (secondary N) is 2. The Kier molecular flexibility index (Phi) is 2.85. The number of hydrogen-bond donors (Lipinski definition) is 2. The molecule has 0 aromatic heterocycles. The van der Waals surface area contributed by atoms with Crippen LogP contribution in [-0.4, -0.2) is 38.7 Å². The summed E-state index contributed by atoms with van der Waals surface area (Å²) in [6, 6.07) is 0. The second-order valence-electron chi connectivity index (χ2n) is 2.13. The summed E-state index contributed by atoms with van der Waals surface area (Å²) in [7, 11) is 1.62. The molecular weight excluding hydrogens is 146 g/mol.